The summed E-state index contributed by atoms with van der Waals surface area (Å²) in [5.74, 6) is -1.02. The summed E-state index contributed by atoms with van der Waals surface area (Å²) in [6, 6.07) is 10.4. The lowest BCUT2D eigenvalue weighted by atomic mass is 10.3. The highest BCUT2D eigenvalue weighted by Crippen LogP contribution is 2.39. The smallest absolute Gasteiger partial charge is 0.308 e. The van der Waals surface area contributed by atoms with E-state index in [1.54, 1.807) is 18.2 Å². The molecule has 0 aliphatic carbocycles. The van der Waals surface area contributed by atoms with Crippen LogP contribution >= 0.6 is 31.9 Å². The molecule has 0 bridgehead atoms. The van der Waals surface area contributed by atoms with Gasteiger partial charge in [0, 0.05) is 13.8 Å². The number of nitrogens with zero attached hydrogens (tertiary/aromatic N) is 1. The molecule has 0 N–H and O–H groups in total. The van der Waals surface area contributed by atoms with E-state index in [0.717, 1.165) is 6.92 Å². The van der Waals surface area contributed by atoms with E-state index < -0.39 is 21.9 Å². The van der Waals surface area contributed by atoms with Gasteiger partial charge in [-0.05, 0) is 56.1 Å². The molecule has 1 amide bonds. The third-order valence-electron chi connectivity index (χ3n) is 3.03. The number of anilines is 1. The molecule has 0 fully saturated rings. The number of ether oxygens (including phenoxy) is 1. The lowest BCUT2D eigenvalue weighted by Crippen LogP contribution is -2.35. The zero-order chi connectivity index (χ0) is 18.8. The van der Waals surface area contributed by atoms with Crippen molar-refractivity contribution < 1.29 is 22.7 Å². The minimum atomic E-state index is -4.09. The number of rotatable bonds is 4. The maximum absolute atomic E-state index is 12.8. The second-order valence-electron chi connectivity index (χ2n) is 4.93. The standard InChI is InChI=1S/C16H13Br2NO5S/c1-10(20)19(25(22,23)13-6-4-3-5-7-13)12-8-14(17)16(15(18)9-12)24-11(2)21/h3-9H,1-2H3. The number of benzene rings is 2. The fourth-order valence-corrected chi connectivity index (χ4v) is 4.85. The molecule has 0 spiro atoms. The number of halogens is 2. The molecule has 0 heterocycles. The predicted octanol–water partition coefficient (Wildman–Crippen LogP) is 3.88. The van der Waals surface area contributed by atoms with Crippen LogP contribution in [0.5, 0.6) is 5.75 Å². The SMILES string of the molecule is CC(=O)Oc1c(Br)cc(N(C(C)=O)S(=O)(=O)c2ccccc2)cc1Br. The Balaban J connectivity index is 2.60. The Kier molecular flexibility index (Phi) is 6.02. The van der Waals surface area contributed by atoms with Crippen molar-refractivity contribution in [2.75, 3.05) is 4.31 Å². The summed E-state index contributed by atoms with van der Waals surface area (Å²) in [5, 5.41) is 0. The van der Waals surface area contributed by atoms with Crippen molar-refractivity contribution in [1.29, 1.82) is 0 Å². The van der Waals surface area contributed by atoms with Crippen molar-refractivity contribution in [3.8, 4) is 5.75 Å². The van der Waals surface area contributed by atoms with Crippen LogP contribution in [-0.2, 0) is 19.6 Å². The van der Waals surface area contributed by atoms with Gasteiger partial charge < -0.3 is 4.74 Å². The molecule has 2 rings (SSSR count). The lowest BCUT2D eigenvalue weighted by Gasteiger charge is -2.22. The Labute approximate surface area is 162 Å². The Morgan fingerprint density at radius 1 is 1.00 bits per heavy atom. The van der Waals surface area contributed by atoms with Crippen LogP contribution in [0.4, 0.5) is 5.69 Å². The van der Waals surface area contributed by atoms with Crippen molar-refractivity contribution in [3.05, 3.63) is 51.4 Å². The van der Waals surface area contributed by atoms with Crippen molar-refractivity contribution in [1.82, 2.24) is 0 Å². The number of carbonyl (C=O) groups excluding carboxylic acids is 2. The lowest BCUT2D eigenvalue weighted by molar-refractivity contribution is -0.132. The summed E-state index contributed by atoms with van der Waals surface area (Å²) in [4.78, 5) is 23.2. The van der Waals surface area contributed by atoms with Crippen LogP contribution in [0.3, 0.4) is 0 Å². The molecule has 0 saturated heterocycles. The molecule has 0 aliphatic heterocycles. The van der Waals surface area contributed by atoms with E-state index in [1.165, 1.54) is 31.2 Å². The average Bonchev–Trinajstić information content (AvgIpc) is 2.51. The van der Waals surface area contributed by atoms with Gasteiger partial charge >= 0.3 is 5.97 Å². The maximum atomic E-state index is 12.8. The van der Waals surface area contributed by atoms with Crippen LogP contribution in [0, 0.1) is 0 Å². The van der Waals surface area contributed by atoms with Crippen LogP contribution in [0.25, 0.3) is 0 Å². The fraction of sp³-hybridized carbons (Fsp3) is 0.125. The van der Waals surface area contributed by atoms with Crippen LogP contribution in [0.2, 0.25) is 0 Å². The van der Waals surface area contributed by atoms with Gasteiger partial charge in [0.25, 0.3) is 10.0 Å². The van der Waals surface area contributed by atoms with E-state index in [4.69, 9.17) is 4.74 Å². The third-order valence-corrected chi connectivity index (χ3v) is 6.03. The maximum Gasteiger partial charge on any atom is 0.308 e. The fourth-order valence-electron chi connectivity index (χ4n) is 2.09. The molecule has 2 aromatic carbocycles. The second-order valence-corrected chi connectivity index (χ2v) is 8.43. The molecular weight excluding hydrogens is 478 g/mol. The summed E-state index contributed by atoms with van der Waals surface area (Å²) in [7, 11) is -4.09. The van der Waals surface area contributed by atoms with Crippen molar-refractivity contribution in [3.63, 3.8) is 0 Å². The van der Waals surface area contributed by atoms with Crippen LogP contribution in [0.15, 0.2) is 56.3 Å². The molecule has 0 aliphatic rings. The Morgan fingerprint density at radius 3 is 1.96 bits per heavy atom. The zero-order valence-electron chi connectivity index (χ0n) is 13.2. The number of hydrogen-bond acceptors (Lipinski definition) is 5. The van der Waals surface area contributed by atoms with Gasteiger partial charge in [0.2, 0.25) is 5.91 Å². The Hall–Kier alpha value is -1.71. The number of hydrogen-bond donors (Lipinski definition) is 0. The molecule has 25 heavy (non-hydrogen) atoms. The van der Waals surface area contributed by atoms with Crippen molar-refractivity contribution in [2.45, 2.75) is 18.7 Å². The number of amides is 1. The summed E-state index contributed by atoms with van der Waals surface area (Å²) in [6.07, 6.45) is 0. The van der Waals surface area contributed by atoms with Gasteiger partial charge in [0.1, 0.15) is 0 Å². The molecule has 2 aromatic rings. The first kappa shape index (κ1) is 19.6. The Morgan fingerprint density at radius 2 is 1.52 bits per heavy atom. The molecule has 6 nitrogen and oxygen atoms in total. The molecule has 0 unspecified atom stereocenters. The van der Waals surface area contributed by atoms with Gasteiger partial charge in [-0.1, -0.05) is 18.2 Å². The topological polar surface area (TPSA) is 80.8 Å². The van der Waals surface area contributed by atoms with Crippen molar-refractivity contribution in [2.24, 2.45) is 0 Å². The molecule has 0 aromatic heterocycles. The first-order valence-electron chi connectivity index (χ1n) is 6.93. The largest absolute Gasteiger partial charge is 0.424 e. The van der Waals surface area contributed by atoms with E-state index in [2.05, 4.69) is 31.9 Å². The summed E-state index contributed by atoms with van der Waals surface area (Å²) in [6.45, 7) is 2.40. The van der Waals surface area contributed by atoms with Gasteiger partial charge in [-0.15, -0.1) is 0 Å². The molecule has 132 valence electrons. The highest BCUT2D eigenvalue weighted by Gasteiger charge is 2.29. The van der Waals surface area contributed by atoms with Gasteiger partial charge in [0.15, 0.2) is 5.75 Å². The number of carbonyl (C=O) groups is 2. The predicted molar refractivity (Wildman–Crippen MR) is 99.9 cm³/mol. The Bertz CT molecular complexity index is 906. The van der Waals surface area contributed by atoms with Crippen LogP contribution in [0.1, 0.15) is 13.8 Å². The van der Waals surface area contributed by atoms with Gasteiger partial charge in [-0.2, -0.15) is 0 Å². The summed E-state index contributed by atoms with van der Waals surface area (Å²) >= 11 is 6.45. The molecular formula is C16H13Br2NO5S. The average molecular weight is 491 g/mol. The van der Waals surface area contributed by atoms with E-state index in [0.29, 0.717) is 13.3 Å². The zero-order valence-corrected chi connectivity index (χ0v) is 17.2. The molecule has 0 saturated carbocycles. The molecule has 0 atom stereocenters. The normalized spacial score (nSPS) is 11.0. The summed E-state index contributed by atoms with van der Waals surface area (Å²) in [5.41, 5.74) is 0.103. The summed E-state index contributed by atoms with van der Waals surface area (Å²) < 4.78 is 32.1. The van der Waals surface area contributed by atoms with Crippen LogP contribution < -0.4 is 9.04 Å². The highest BCUT2D eigenvalue weighted by atomic mass is 79.9. The van der Waals surface area contributed by atoms with E-state index in [-0.39, 0.29) is 16.3 Å². The van der Waals surface area contributed by atoms with Crippen molar-refractivity contribution >= 4 is 59.4 Å². The second kappa shape index (κ2) is 7.67. The van der Waals surface area contributed by atoms with E-state index in [9.17, 15) is 18.0 Å². The minimum absolute atomic E-state index is 0.0125. The minimum Gasteiger partial charge on any atom is -0.424 e. The molecule has 0 radical (unpaired) electrons. The highest BCUT2D eigenvalue weighted by molar-refractivity contribution is 9.11. The third kappa shape index (κ3) is 4.28. The van der Waals surface area contributed by atoms with Gasteiger partial charge in [-0.25, -0.2) is 12.7 Å². The van der Waals surface area contributed by atoms with Gasteiger partial charge in [0.05, 0.1) is 19.5 Å². The quantitative estimate of drug-likeness (QED) is 0.480. The van der Waals surface area contributed by atoms with E-state index in [1.807, 2.05) is 0 Å². The van der Waals surface area contributed by atoms with Crippen LogP contribution in [-0.4, -0.2) is 20.3 Å². The number of esters is 1. The van der Waals surface area contributed by atoms with Gasteiger partial charge in [-0.3, -0.25) is 9.59 Å². The molecule has 9 heteroatoms. The monoisotopic (exact) mass is 489 g/mol. The number of sulfonamides is 1. The van der Waals surface area contributed by atoms with E-state index >= 15 is 0 Å². The first-order chi connectivity index (χ1) is 11.6. The first-order valence-corrected chi connectivity index (χ1v) is 9.95.